The van der Waals surface area contributed by atoms with Gasteiger partial charge in [0.25, 0.3) is 0 Å². The zero-order valence-corrected chi connectivity index (χ0v) is 13.2. The molecule has 5 atom stereocenters. The Kier molecular flexibility index (Phi) is 3.44. The topological polar surface area (TPSA) is 72.8 Å². The fraction of sp³-hybridized carbons (Fsp3) is 0.647. The van der Waals surface area contributed by atoms with Crippen molar-refractivity contribution in [2.75, 3.05) is 0 Å². The average Bonchev–Trinajstić information content (AvgIpc) is 2.71. The minimum Gasteiger partial charge on any atom is -0.458 e. The molecule has 1 heterocycles. The largest absolute Gasteiger partial charge is 0.458 e. The maximum atomic E-state index is 11.8. The third-order valence-electron chi connectivity index (χ3n) is 5.29. The van der Waals surface area contributed by atoms with Crippen LogP contribution in [0.5, 0.6) is 0 Å². The van der Waals surface area contributed by atoms with Crippen molar-refractivity contribution < 1.29 is 24.2 Å². The highest BCUT2D eigenvalue weighted by Gasteiger charge is 2.53. The summed E-state index contributed by atoms with van der Waals surface area (Å²) in [5.74, 6) is -0.895. The standard InChI is InChI=1S/C17H22O5/c1-8-5-13-11(9(2)16(19)22-13)6-12-15(8)14(21-10(3)18)7-17(12,4)20/h11-14,20H,2,5-7H2,1,3-4H3/t11-,12-,13+,14+,17-/m1/s1. The van der Waals surface area contributed by atoms with Crippen LogP contribution in [0.15, 0.2) is 23.3 Å². The molecule has 1 saturated carbocycles. The molecule has 0 aromatic carbocycles. The van der Waals surface area contributed by atoms with E-state index in [2.05, 4.69) is 6.58 Å². The van der Waals surface area contributed by atoms with Crippen LogP contribution in [-0.2, 0) is 19.1 Å². The van der Waals surface area contributed by atoms with Crippen molar-refractivity contribution in [3.8, 4) is 0 Å². The van der Waals surface area contributed by atoms with Crippen LogP contribution in [0.25, 0.3) is 0 Å². The summed E-state index contributed by atoms with van der Waals surface area (Å²) in [6.45, 7) is 8.98. The Labute approximate surface area is 130 Å². The highest BCUT2D eigenvalue weighted by atomic mass is 16.6. The summed E-state index contributed by atoms with van der Waals surface area (Å²) < 4.78 is 10.8. The van der Waals surface area contributed by atoms with Crippen molar-refractivity contribution >= 4 is 11.9 Å². The van der Waals surface area contributed by atoms with Crippen LogP contribution < -0.4 is 0 Å². The second-order valence-corrected chi connectivity index (χ2v) is 6.96. The molecule has 0 radical (unpaired) electrons. The third kappa shape index (κ3) is 2.28. The van der Waals surface area contributed by atoms with Crippen molar-refractivity contribution in [3.05, 3.63) is 23.3 Å². The lowest BCUT2D eigenvalue weighted by Gasteiger charge is -2.27. The number of esters is 2. The van der Waals surface area contributed by atoms with E-state index < -0.39 is 5.60 Å². The molecule has 0 aromatic rings. The van der Waals surface area contributed by atoms with Gasteiger partial charge in [0.1, 0.15) is 12.2 Å². The first-order chi connectivity index (χ1) is 10.2. The Morgan fingerprint density at radius 1 is 1.50 bits per heavy atom. The van der Waals surface area contributed by atoms with Gasteiger partial charge in [-0.25, -0.2) is 4.79 Å². The van der Waals surface area contributed by atoms with Crippen LogP contribution in [0.4, 0.5) is 0 Å². The first-order valence-electron chi connectivity index (χ1n) is 7.69. The van der Waals surface area contributed by atoms with Crippen molar-refractivity contribution in [2.24, 2.45) is 11.8 Å². The van der Waals surface area contributed by atoms with Gasteiger partial charge in [-0.05, 0) is 25.8 Å². The van der Waals surface area contributed by atoms with E-state index in [1.54, 1.807) is 6.92 Å². The Balaban J connectivity index is 1.99. The van der Waals surface area contributed by atoms with Crippen LogP contribution in [0.1, 0.15) is 40.0 Å². The Morgan fingerprint density at radius 2 is 2.18 bits per heavy atom. The first-order valence-corrected chi connectivity index (χ1v) is 7.69. The van der Waals surface area contributed by atoms with E-state index in [0.29, 0.717) is 24.8 Å². The Morgan fingerprint density at radius 3 is 2.82 bits per heavy atom. The minimum absolute atomic E-state index is 0.0764. The van der Waals surface area contributed by atoms with E-state index in [0.717, 1.165) is 11.1 Å². The summed E-state index contributed by atoms with van der Waals surface area (Å²) >= 11 is 0. The van der Waals surface area contributed by atoms with Crippen LogP contribution >= 0.6 is 0 Å². The molecule has 0 unspecified atom stereocenters. The van der Waals surface area contributed by atoms with Gasteiger partial charge in [-0.15, -0.1) is 0 Å². The maximum absolute atomic E-state index is 11.8. The van der Waals surface area contributed by atoms with E-state index in [-0.39, 0.29) is 36.0 Å². The summed E-state index contributed by atoms with van der Waals surface area (Å²) in [5, 5.41) is 10.8. The van der Waals surface area contributed by atoms with E-state index >= 15 is 0 Å². The molecule has 5 nitrogen and oxygen atoms in total. The summed E-state index contributed by atoms with van der Waals surface area (Å²) in [6.07, 6.45) is 0.997. The number of ether oxygens (including phenoxy) is 2. The molecule has 2 aliphatic carbocycles. The van der Waals surface area contributed by atoms with Crippen molar-refractivity contribution in [3.63, 3.8) is 0 Å². The van der Waals surface area contributed by atoms with Gasteiger partial charge in [0.05, 0.1) is 5.60 Å². The normalized spacial score (nSPS) is 40.9. The predicted molar refractivity (Wildman–Crippen MR) is 78.7 cm³/mol. The number of aliphatic hydroxyl groups is 1. The van der Waals surface area contributed by atoms with E-state index in [9.17, 15) is 14.7 Å². The highest BCUT2D eigenvalue weighted by molar-refractivity contribution is 5.90. The number of hydrogen-bond acceptors (Lipinski definition) is 5. The molecule has 0 bridgehead atoms. The third-order valence-corrected chi connectivity index (χ3v) is 5.29. The van der Waals surface area contributed by atoms with Crippen molar-refractivity contribution in [2.45, 2.75) is 57.8 Å². The number of carbonyl (C=O) groups is 2. The summed E-state index contributed by atoms with van der Waals surface area (Å²) in [4.78, 5) is 23.1. The molecular weight excluding hydrogens is 284 g/mol. The molecule has 1 saturated heterocycles. The van der Waals surface area contributed by atoms with Gasteiger partial charge in [-0.2, -0.15) is 0 Å². The molecule has 3 rings (SSSR count). The predicted octanol–water partition coefficient (Wildman–Crippen LogP) is 1.90. The number of fused-ring (bicyclic) bond motifs is 2. The second kappa shape index (κ2) is 4.95. The Bertz CT molecular complexity index is 586. The number of rotatable bonds is 1. The SMILES string of the molecule is C=C1C(=O)O[C@H]2CC(C)=C3[C@@H](OC(C)=O)C[C@@](C)(O)[C@@H]3C[C@H]12. The van der Waals surface area contributed by atoms with Crippen LogP contribution in [0.2, 0.25) is 0 Å². The van der Waals surface area contributed by atoms with Gasteiger partial charge in [-0.3, -0.25) is 4.79 Å². The zero-order valence-electron chi connectivity index (χ0n) is 13.2. The average molecular weight is 306 g/mol. The number of hydrogen-bond donors (Lipinski definition) is 1. The molecule has 0 aromatic heterocycles. The van der Waals surface area contributed by atoms with Gasteiger partial charge in [-0.1, -0.05) is 12.2 Å². The first kappa shape index (κ1) is 15.3. The van der Waals surface area contributed by atoms with E-state index in [4.69, 9.17) is 9.47 Å². The molecule has 120 valence electrons. The molecule has 0 amide bonds. The minimum atomic E-state index is -0.961. The monoisotopic (exact) mass is 306 g/mol. The molecule has 1 aliphatic heterocycles. The van der Waals surface area contributed by atoms with E-state index in [1.165, 1.54) is 6.92 Å². The van der Waals surface area contributed by atoms with Crippen LogP contribution in [0.3, 0.4) is 0 Å². The zero-order chi connectivity index (χ0) is 16.2. The van der Waals surface area contributed by atoms with Crippen molar-refractivity contribution in [1.29, 1.82) is 0 Å². The fourth-order valence-corrected chi connectivity index (χ4v) is 4.27. The Hall–Kier alpha value is -1.62. The summed E-state index contributed by atoms with van der Waals surface area (Å²) in [5.41, 5.74) is 1.57. The van der Waals surface area contributed by atoms with Gasteiger partial charge >= 0.3 is 11.9 Å². The summed E-state index contributed by atoms with van der Waals surface area (Å²) in [7, 11) is 0. The fourth-order valence-electron chi connectivity index (χ4n) is 4.27. The van der Waals surface area contributed by atoms with Crippen LogP contribution in [0, 0.1) is 11.8 Å². The second-order valence-electron chi connectivity index (χ2n) is 6.96. The van der Waals surface area contributed by atoms with Gasteiger partial charge < -0.3 is 14.6 Å². The van der Waals surface area contributed by atoms with Gasteiger partial charge in [0.15, 0.2) is 0 Å². The van der Waals surface area contributed by atoms with Crippen molar-refractivity contribution in [1.82, 2.24) is 0 Å². The number of carbonyl (C=O) groups excluding carboxylic acids is 2. The molecule has 1 N–H and O–H groups in total. The highest BCUT2D eigenvalue weighted by Crippen LogP contribution is 2.51. The van der Waals surface area contributed by atoms with Gasteiger partial charge in [0, 0.05) is 37.2 Å². The summed E-state index contributed by atoms with van der Waals surface area (Å²) in [6, 6.07) is 0. The molecule has 22 heavy (non-hydrogen) atoms. The van der Waals surface area contributed by atoms with E-state index in [1.807, 2.05) is 6.92 Å². The smallest absolute Gasteiger partial charge is 0.334 e. The van der Waals surface area contributed by atoms with Crippen LogP contribution in [-0.4, -0.2) is 34.9 Å². The molecular formula is C17H22O5. The molecule has 2 fully saturated rings. The molecule has 3 aliphatic rings. The lowest BCUT2D eigenvalue weighted by molar-refractivity contribution is -0.145. The lowest BCUT2D eigenvalue weighted by atomic mass is 9.81. The quantitative estimate of drug-likeness (QED) is 0.455. The molecule has 0 spiro atoms. The maximum Gasteiger partial charge on any atom is 0.334 e. The molecule has 5 heteroatoms. The lowest BCUT2D eigenvalue weighted by Crippen LogP contribution is -2.32. The van der Waals surface area contributed by atoms with Gasteiger partial charge in [0.2, 0.25) is 0 Å².